The summed E-state index contributed by atoms with van der Waals surface area (Å²) in [6.07, 6.45) is 0. The number of hydrogen-bond donors (Lipinski definition) is 0. The first-order valence-electron chi connectivity index (χ1n) is 7.11. The van der Waals surface area contributed by atoms with E-state index in [4.69, 9.17) is 14.2 Å². The van der Waals surface area contributed by atoms with Crippen molar-refractivity contribution >= 4 is 0 Å². The van der Waals surface area contributed by atoms with Crippen LogP contribution in [-0.2, 0) is 9.47 Å². The Bertz CT molecular complexity index is 379. The van der Waals surface area contributed by atoms with E-state index in [-0.39, 0.29) is 17.1 Å². The first-order valence-corrected chi connectivity index (χ1v) is 7.11. The third kappa shape index (κ3) is 5.93. The fourth-order valence-electron chi connectivity index (χ4n) is 1.68. The average Bonchev–Trinajstić information content (AvgIpc) is 2.38. The molecule has 0 radical (unpaired) electrons. The van der Waals surface area contributed by atoms with Gasteiger partial charge in [-0.05, 0) is 46.8 Å². The van der Waals surface area contributed by atoms with Crippen molar-refractivity contribution in [2.45, 2.75) is 45.8 Å². The third-order valence-corrected chi connectivity index (χ3v) is 3.42. The quantitative estimate of drug-likeness (QED) is 0.757. The minimum Gasteiger partial charge on any atom is -0.493 e. The average molecular weight is 280 g/mol. The zero-order chi connectivity index (χ0) is 15.2. The van der Waals surface area contributed by atoms with E-state index in [9.17, 15) is 0 Å². The van der Waals surface area contributed by atoms with E-state index in [1.807, 2.05) is 30.3 Å². The van der Waals surface area contributed by atoms with Crippen LogP contribution < -0.4 is 4.74 Å². The molecule has 0 amide bonds. The first-order chi connectivity index (χ1) is 9.24. The summed E-state index contributed by atoms with van der Waals surface area (Å²) in [6.45, 7) is 11.5. The van der Waals surface area contributed by atoms with E-state index < -0.39 is 0 Å². The molecule has 1 aromatic carbocycles. The molecule has 1 aromatic rings. The second-order valence-corrected chi connectivity index (χ2v) is 6.55. The topological polar surface area (TPSA) is 27.7 Å². The van der Waals surface area contributed by atoms with Crippen molar-refractivity contribution in [3.63, 3.8) is 0 Å². The molecule has 0 saturated carbocycles. The second kappa shape index (κ2) is 7.09. The standard InChI is InChI=1S/C17H28O3/c1-16(2,3)20-13-14(17(4,5)18-6)12-19-15-10-8-7-9-11-15/h7-11,14H,12-13H2,1-6H3. The SMILES string of the molecule is COC(C)(C)C(COc1ccccc1)COC(C)(C)C. The maximum Gasteiger partial charge on any atom is 0.119 e. The Balaban J connectivity index is 2.63. The lowest BCUT2D eigenvalue weighted by Crippen LogP contribution is -2.41. The fourth-order valence-corrected chi connectivity index (χ4v) is 1.68. The van der Waals surface area contributed by atoms with E-state index in [2.05, 4.69) is 34.6 Å². The molecule has 1 atom stereocenters. The molecule has 0 fully saturated rings. The molecule has 1 unspecified atom stereocenters. The van der Waals surface area contributed by atoms with Crippen LogP contribution in [0.15, 0.2) is 30.3 Å². The molecule has 1 rings (SSSR count). The van der Waals surface area contributed by atoms with Gasteiger partial charge in [-0.2, -0.15) is 0 Å². The largest absolute Gasteiger partial charge is 0.493 e. The maximum atomic E-state index is 5.91. The highest BCUT2D eigenvalue weighted by Gasteiger charge is 2.31. The van der Waals surface area contributed by atoms with Crippen molar-refractivity contribution in [2.75, 3.05) is 20.3 Å². The van der Waals surface area contributed by atoms with Crippen molar-refractivity contribution in [3.05, 3.63) is 30.3 Å². The van der Waals surface area contributed by atoms with Gasteiger partial charge in [0.2, 0.25) is 0 Å². The van der Waals surface area contributed by atoms with Crippen molar-refractivity contribution in [3.8, 4) is 5.75 Å². The monoisotopic (exact) mass is 280 g/mol. The van der Waals surface area contributed by atoms with Crippen LogP contribution in [0.4, 0.5) is 0 Å². The Morgan fingerprint density at radius 3 is 2.05 bits per heavy atom. The summed E-state index contributed by atoms with van der Waals surface area (Å²) >= 11 is 0. The lowest BCUT2D eigenvalue weighted by Gasteiger charge is -2.34. The Kier molecular flexibility index (Phi) is 6.03. The van der Waals surface area contributed by atoms with Crippen molar-refractivity contribution < 1.29 is 14.2 Å². The molecule has 0 heterocycles. The van der Waals surface area contributed by atoms with E-state index in [1.54, 1.807) is 7.11 Å². The zero-order valence-electron chi connectivity index (χ0n) is 13.6. The minimum absolute atomic E-state index is 0.158. The molecule has 0 aliphatic heterocycles. The summed E-state index contributed by atoms with van der Waals surface area (Å²) in [5.74, 6) is 1.03. The molecular formula is C17H28O3. The molecule has 0 aliphatic rings. The van der Waals surface area contributed by atoms with Gasteiger partial charge in [0.05, 0.1) is 24.4 Å². The summed E-state index contributed by atoms with van der Waals surface area (Å²) in [7, 11) is 1.73. The van der Waals surface area contributed by atoms with E-state index >= 15 is 0 Å². The van der Waals surface area contributed by atoms with Crippen LogP contribution in [0.25, 0.3) is 0 Å². The Morgan fingerprint density at radius 2 is 1.55 bits per heavy atom. The highest BCUT2D eigenvalue weighted by molar-refractivity contribution is 5.20. The number of benzene rings is 1. The van der Waals surface area contributed by atoms with Gasteiger partial charge < -0.3 is 14.2 Å². The Labute approximate surface area is 123 Å². The highest BCUT2D eigenvalue weighted by atomic mass is 16.5. The number of ether oxygens (including phenoxy) is 3. The minimum atomic E-state index is -0.292. The normalized spacial score (nSPS) is 14.1. The summed E-state index contributed by atoms with van der Waals surface area (Å²) in [5.41, 5.74) is -0.450. The number of para-hydroxylation sites is 1. The number of methoxy groups -OCH3 is 1. The van der Waals surface area contributed by atoms with Gasteiger partial charge in [0.15, 0.2) is 0 Å². The predicted molar refractivity (Wildman–Crippen MR) is 82.2 cm³/mol. The van der Waals surface area contributed by atoms with Gasteiger partial charge in [-0.25, -0.2) is 0 Å². The van der Waals surface area contributed by atoms with Crippen molar-refractivity contribution in [1.29, 1.82) is 0 Å². The summed E-state index contributed by atoms with van der Waals surface area (Å²) in [6, 6.07) is 9.84. The van der Waals surface area contributed by atoms with Crippen LogP contribution in [0, 0.1) is 5.92 Å². The van der Waals surface area contributed by atoms with Gasteiger partial charge in [0, 0.05) is 13.0 Å². The molecule has 20 heavy (non-hydrogen) atoms. The van der Waals surface area contributed by atoms with Gasteiger partial charge in [-0.1, -0.05) is 18.2 Å². The van der Waals surface area contributed by atoms with Gasteiger partial charge in [-0.3, -0.25) is 0 Å². The lowest BCUT2D eigenvalue weighted by molar-refractivity contribution is -0.102. The van der Waals surface area contributed by atoms with Crippen LogP contribution in [0.1, 0.15) is 34.6 Å². The number of rotatable bonds is 7. The van der Waals surface area contributed by atoms with Crippen molar-refractivity contribution in [2.24, 2.45) is 5.92 Å². The van der Waals surface area contributed by atoms with E-state index in [1.165, 1.54) is 0 Å². The van der Waals surface area contributed by atoms with Gasteiger partial charge >= 0.3 is 0 Å². The Hall–Kier alpha value is -1.06. The smallest absolute Gasteiger partial charge is 0.119 e. The molecule has 3 heteroatoms. The van der Waals surface area contributed by atoms with Gasteiger partial charge in [-0.15, -0.1) is 0 Å². The van der Waals surface area contributed by atoms with E-state index in [0.29, 0.717) is 13.2 Å². The maximum absolute atomic E-state index is 5.91. The highest BCUT2D eigenvalue weighted by Crippen LogP contribution is 2.24. The third-order valence-electron chi connectivity index (χ3n) is 3.42. The second-order valence-electron chi connectivity index (χ2n) is 6.55. The molecule has 0 aromatic heterocycles. The molecule has 0 saturated heterocycles. The van der Waals surface area contributed by atoms with Crippen LogP contribution in [0.5, 0.6) is 5.75 Å². The molecule has 0 aliphatic carbocycles. The first kappa shape index (κ1) is 17.0. The van der Waals surface area contributed by atoms with Gasteiger partial charge in [0.25, 0.3) is 0 Å². The molecule has 114 valence electrons. The summed E-state index contributed by atoms with van der Waals surface area (Å²) in [4.78, 5) is 0. The van der Waals surface area contributed by atoms with E-state index in [0.717, 1.165) is 5.75 Å². The van der Waals surface area contributed by atoms with Gasteiger partial charge in [0.1, 0.15) is 5.75 Å². The van der Waals surface area contributed by atoms with Crippen LogP contribution >= 0.6 is 0 Å². The predicted octanol–water partition coefficient (Wildman–Crippen LogP) is 3.92. The molecule has 3 nitrogen and oxygen atoms in total. The lowest BCUT2D eigenvalue weighted by atomic mass is 9.92. The molecule has 0 N–H and O–H groups in total. The van der Waals surface area contributed by atoms with Crippen molar-refractivity contribution in [1.82, 2.24) is 0 Å². The Morgan fingerprint density at radius 1 is 0.950 bits per heavy atom. The molecule has 0 spiro atoms. The molecular weight excluding hydrogens is 252 g/mol. The summed E-state index contributed by atoms with van der Waals surface area (Å²) < 4.78 is 17.4. The summed E-state index contributed by atoms with van der Waals surface area (Å²) in [5, 5.41) is 0. The molecule has 0 bridgehead atoms. The van der Waals surface area contributed by atoms with Crippen LogP contribution in [0.3, 0.4) is 0 Å². The van der Waals surface area contributed by atoms with Crippen LogP contribution in [0.2, 0.25) is 0 Å². The number of hydrogen-bond acceptors (Lipinski definition) is 3. The zero-order valence-corrected chi connectivity index (χ0v) is 13.6. The fraction of sp³-hybridized carbons (Fsp3) is 0.647. The van der Waals surface area contributed by atoms with Crippen LogP contribution in [-0.4, -0.2) is 31.5 Å².